The molecule has 1 heterocycles. The fourth-order valence-electron chi connectivity index (χ4n) is 12.9. The number of allylic oxidation sites excluding steroid dienone is 1. The van der Waals surface area contributed by atoms with Crippen LogP contribution in [0.3, 0.4) is 0 Å². The minimum Gasteiger partial charge on any atom is -0.374 e. The van der Waals surface area contributed by atoms with E-state index in [0.29, 0.717) is 31.8 Å². The molecule has 8 rings (SSSR count). The molecule has 13 atom stereocenters. The van der Waals surface area contributed by atoms with E-state index in [9.17, 15) is 0 Å². The smallest absolute Gasteiger partial charge is 0.172 e. The molecule has 0 aromatic heterocycles. The fraction of sp³-hybridized carbons (Fsp3) is 0.630. The van der Waals surface area contributed by atoms with Crippen molar-refractivity contribution in [3.8, 4) is 0 Å². The maximum Gasteiger partial charge on any atom is 0.172 e. The zero-order chi connectivity index (χ0) is 41.7. The second kappa shape index (κ2) is 20.2. The molecule has 3 aromatic rings. The van der Waals surface area contributed by atoms with Gasteiger partial charge >= 0.3 is 0 Å². The standard InChI is InChI=1S/C54H73IO5/c1-37(2)16-15-17-38(3)45-26-27-46-44-25-24-42-32-43(28-30-53(42,4)47(44)29-31-54(45,46)5)59-52-49(55)51(58-35-41-22-13-8-14-23-41)50(57-34-40-20-11-7-12-21-40)48(60-52)36-56-33-39-18-9-6-10-19-39/h6-14,18-24,37-38,43-52H,15-17,25-36H2,1-5H3/t38-,43+,44+,45-,46+,47+,48-,49-,50-,51+,52-,53+,54-/m1/s1. The highest BCUT2D eigenvalue weighted by Crippen LogP contribution is 2.67. The van der Waals surface area contributed by atoms with Crippen molar-refractivity contribution in [3.63, 3.8) is 0 Å². The molecule has 0 bridgehead atoms. The largest absolute Gasteiger partial charge is 0.374 e. The van der Waals surface area contributed by atoms with Crippen molar-refractivity contribution in [1.29, 1.82) is 0 Å². The summed E-state index contributed by atoms with van der Waals surface area (Å²) in [4.78, 5) is 0. The number of fused-ring (bicyclic) bond motifs is 5. The van der Waals surface area contributed by atoms with Crippen LogP contribution in [0.25, 0.3) is 0 Å². The minimum atomic E-state index is -0.437. The maximum atomic E-state index is 7.17. The lowest BCUT2D eigenvalue weighted by Gasteiger charge is -2.58. The number of hydrogen-bond donors (Lipinski definition) is 0. The van der Waals surface area contributed by atoms with E-state index in [4.69, 9.17) is 23.7 Å². The number of halogens is 1. The van der Waals surface area contributed by atoms with Gasteiger partial charge in [0.2, 0.25) is 0 Å². The molecule has 1 aliphatic heterocycles. The van der Waals surface area contributed by atoms with Crippen LogP contribution in [-0.2, 0) is 43.5 Å². The molecule has 60 heavy (non-hydrogen) atoms. The van der Waals surface area contributed by atoms with Crippen LogP contribution in [0.4, 0.5) is 0 Å². The van der Waals surface area contributed by atoms with E-state index < -0.39 is 6.29 Å². The zero-order valence-corrected chi connectivity index (χ0v) is 39.3. The van der Waals surface area contributed by atoms with Gasteiger partial charge < -0.3 is 23.7 Å². The highest BCUT2D eigenvalue weighted by molar-refractivity contribution is 14.1. The molecular weight excluding hydrogens is 855 g/mol. The number of benzene rings is 3. The third kappa shape index (κ3) is 10.00. The molecule has 4 fully saturated rings. The molecule has 0 amide bonds. The number of ether oxygens (including phenoxy) is 5. The molecule has 4 aliphatic carbocycles. The van der Waals surface area contributed by atoms with Gasteiger partial charge in [-0.1, -0.05) is 179 Å². The van der Waals surface area contributed by atoms with E-state index in [1.54, 1.807) is 5.57 Å². The Hall–Kier alpha value is -2.07. The molecule has 0 spiro atoms. The first-order chi connectivity index (χ1) is 29.1. The molecule has 0 N–H and O–H groups in total. The Balaban J connectivity index is 0.968. The summed E-state index contributed by atoms with van der Waals surface area (Å²) in [5.74, 6) is 5.05. The van der Waals surface area contributed by atoms with Gasteiger partial charge in [-0.3, -0.25) is 0 Å². The van der Waals surface area contributed by atoms with Gasteiger partial charge in [0.05, 0.1) is 36.5 Å². The number of hydrogen-bond acceptors (Lipinski definition) is 5. The van der Waals surface area contributed by atoms with Crippen LogP contribution in [0.5, 0.6) is 0 Å². The molecule has 5 nitrogen and oxygen atoms in total. The SMILES string of the molecule is CC(C)CCC[C@@H](C)[C@H]1CC[C@H]2[C@@H]3CC=C4C[C@@H](O[C@@H]5O[C@H](COCc6ccccc6)[C@@H](OCc6ccccc6)[C@@H](OCc6ccccc6)[C@H]5I)CC[C@]4(C)[C@H]3CC[C@]12C. The normalized spacial score (nSPS) is 35.6. The third-order valence-corrected chi connectivity index (χ3v) is 17.4. The van der Waals surface area contributed by atoms with E-state index in [1.165, 1.54) is 57.8 Å². The Bertz CT molecular complexity index is 1800. The van der Waals surface area contributed by atoms with Gasteiger partial charge in [0.15, 0.2) is 6.29 Å². The molecule has 3 aromatic carbocycles. The van der Waals surface area contributed by atoms with Crippen LogP contribution in [-0.4, -0.2) is 41.2 Å². The van der Waals surface area contributed by atoms with Crippen LogP contribution in [0.1, 0.15) is 122 Å². The van der Waals surface area contributed by atoms with Crippen molar-refractivity contribution in [3.05, 3.63) is 119 Å². The summed E-state index contributed by atoms with van der Waals surface area (Å²) in [7, 11) is 0. The van der Waals surface area contributed by atoms with E-state index in [0.717, 1.165) is 65.0 Å². The second-order valence-electron chi connectivity index (χ2n) is 20.3. The Morgan fingerprint density at radius 3 is 2.00 bits per heavy atom. The Morgan fingerprint density at radius 1 is 0.717 bits per heavy atom. The Labute approximate surface area is 376 Å². The van der Waals surface area contributed by atoms with Gasteiger partial charge in [0, 0.05) is 0 Å². The van der Waals surface area contributed by atoms with Gasteiger partial charge in [0.1, 0.15) is 18.3 Å². The van der Waals surface area contributed by atoms with Crippen molar-refractivity contribution < 1.29 is 23.7 Å². The quantitative estimate of drug-likeness (QED) is 0.0767. The van der Waals surface area contributed by atoms with E-state index >= 15 is 0 Å². The van der Waals surface area contributed by atoms with Crippen LogP contribution in [0.2, 0.25) is 0 Å². The van der Waals surface area contributed by atoms with E-state index in [1.807, 2.05) is 12.1 Å². The van der Waals surface area contributed by atoms with Gasteiger partial charge in [0.25, 0.3) is 0 Å². The summed E-state index contributed by atoms with van der Waals surface area (Å²) in [6, 6.07) is 31.2. The van der Waals surface area contributed by atoms with Crippen molar-refractivity contribution in [2.24, 2.45) is 46.3 Å². The van der Waals surface area contributed by atoms with Crippen LogP contribution < -0.4 is 0 Å². The van der Waals surface area contributed by atoms with Crippen molar-refractivity contribution >= 4 is 22.6 Å². The molecule has 0 unspecified atom stereocenters. The Morgan fingerprint density at radius 2 is 1.35 bits per heavy atom. The highest BCUT2D eigenvalue weighted by atomic mass is 127. The summed E-state index contributed by atoms with van der Waals surface area (Å²) in [6.07, 6.45) is 15.8. The molecular formula is C54H73IO5. The lowest BCUT2D eigenvalue weighted by Crippen LogP contribution is -2.59. The van der Waals surface area contributed by atoms with Crippen molar-refractivity contribution in [1.82, 2.24) is 0 Å². The fourth-order valence-corrected chi connectivity index (χ4v) is 13.8. The Kier molecular flexibility index (Phi) is 15.0. The third-order valence-electron chi connectivity index (χ3n) is 16.1. The topological polar surface area (TPSA) is 46.2 Å². The molecule has 326 valence electrons. The molecule has 1 saturated heterocycles. The summed E-state index contributed by atoms with van der Waals surface area (Å²) in [6.45, 7) is 14.6. The lowest BCUT2D eigenvalue weighted by atomic mass is 9.47. The monoisotopic (exact) mass is 928 g/mol. The summed E-state index contributed by atoms with van der Waals surface area (Å²) in [5.41, 5.74) is 5.85. The zero-order valence-electron chi connectivity index (χ0n) is 37.2. The van der Waals surface area contributed by atoms with E-state index in [2.05, 4.69) is 142 Å². The van der Waals surface area contributed by atoms with Gasteiger partial charge in [-0.25, -0.2) is 0 Å². The van der Waals surface area contributed by atoms with E-state index in [-0.39, 0.29) is 33.8 Å². The molecule has 3 saturated carbocycles. The number of alkyl halides is 1. The second-order valence-corrected chi connectivity index (χ2v) is 21.7. The lowest BCUT2D eigenvalue weighted by molar-refractivity contribution is -0.283. The first-order valence-corrected chi connectivity index (χ1v) is 24.9. The summed E-state index contributed by atoms with van der Waals surface area (Å²) >= 11 is 2.53. The highest BCUT2D eigenvalue weighted by Gasteiger charge is 2.59. The first-order valence-electron chi connectivity index (χ1n) is 23.7. The maximum absolute atomic E-state index is 7.17. The molecule has 0 radical (unpaired) electrons. The predicted octanol–water partition coefficient (Wildman–Crippen LogP) is 13.3. The van der Waals surface area contributed by atoms with Gasteiger partial charge in [-0.15, -0.1) is 0 Å². The van der Waals surface area contributed by atoms with Crippen LogP contribution in [0.15, 0.2) is 103 Å². The van der Waals surface area contributed by atoms with Crippen LogP contribution >= 0.6 is 22.6 Å². The summed E-state index contributed by atoms with van der Waals surface area (Å²) < 4.78 is 34.2. The van der Waals surface area contributed by atoms with Gasteiger partial charge in [-0.2, -0.15) is 0 Å². The molecule has 6 heteroatoms. The van der Waals surface area contributed by atoms with Gasteiger partial charge in [-0.05, 0) is 114 Å². The molecule has 5 aliphatic rings. The number of rotatable bonds is 17. The predicted molar refractivity (Wildman–Crippen MR) is 251 cm³/mol. The summed E-state index contributed by atoms with van der Waals surface area (Å²) in [5, 5.41) is 0. The van der Waals surface area contributed by atoms with Crippen molar-refractivity contribution in [2.75, 3.05) is 6.61 Å². The first kappa shape index (κ1) is 44.5. The van der Waals surface area contributed by atoms with Crippen LogP contribution in [0, 0.1) is 46.3 Å². The van der Waals surface area contributed by atoms with Crippen molar-refractivity contribution in [2.45, 2.75) is 160 Å². The average molecular weight is 929 g/mol. The minimum absolute atomic E-state index is 0.0745. The average Bonchev–Trinajstić information content (AvgIpc) is 3.62.